The van der Waals surface area contributed by atoms with E-state index in [4.69, 9.17) is 0 Å². The molecule has 5 heteroatoms. The Balaban J connectivity index is 2.08. The van der Waals surface area contributed by atoms with E-state index in [1.54, 1.807) is 6.92 Å². The molecule has 1 aliphatic rings. The smallest absolute Gasteiger partial charge is 0.339 e. The molecule has 1 aliphatic heterocycles. The van der Waals surface area contributed by atoms with Crippen LogP contribution in [0.1, 0.15) is 47.9 Å². The van der Waals surface area contributed by atoms with Gasteiger partial charge >= 0.3 is 5.97 Å². The van der Waals surface area contributed by atoms with Crippen molar-refractivity contribution in [3.63, 3.8) is 0 Å². The fourth-order valence-electron chi connectivity index (χ4n) is 3.05. The first-order valence-corrected chi connectivity index (χ1v) is 7.68. The third-order valence-electron chi connectivity index (χ3n) is 3.92. The van der Waals surface area contributed by atoms with Gasteiger partial charge in [0.25, 0.3) is 0 Å². The van der Waals surface area contributed by atoms with Crippen LogP contribution in [0.15, 0.2) is 6.07 Å². The van der Waals surface area contributed by atoms with Crippen LogP contribution in [-0.4, -0.2) is 46.6 Å². The molecule has 1 saturated heterocycles. The van der Waals surface area contributed by atoms with Gasteiger partial charge in [0.1, 0.15) is 5.56 Å². The van der Waals surface area contributed by atoms with Gasteiger partial charge in [0, 0.05) is 18.3 Å². The number of hydrogen-bond acceptors (Lipinski definition) is 4. The highest BCUT2D eigenvalue weighted by Crippen LogP contribution is 2.21. The molecule has 0 amide bonds. The molecule has 0 aromatic carbocycles. The summed E-state index contributed by atoms with van der Waals surface area (Å²) in [5.41, 5.74) is 2.36. The summed E-state index contributed by atoms with van der Waals surface area (Å²) >= 11 is 0. The summed E-state index contributed by atoms with van der Waals surface area (Å²) < 4.78 is 0. The average molecular weight is 291 g/mol. The second-order valence-electron chi connectivity index (χ2n) is 5.98. The molecular weight excluding hydrogens is 266 g/mol. The molecule has 0 bridgehead atoms. The Hall–Kier alpha value is -1.62. The van der Waals surface area contributed by atoms with Gasteiger partial charge in [0.2, 0.25) is 0 Å². The van der Waals surface area contributed by atoms with E-state index in [1.165, 1.54) is 19.3 Å². The van der Waals surface area contributed by atoms with Crippen LogP contribution in [0, 0.1) is 13.8 Å². The lowest BCUT2D eigenvalue weighted by molar-refractivity contribution is 0.0696. The normalized spacial score (nSPS) is 17.5. The largest absolute Gasteiger partial charge is 0.478 e. The minimum Gasteiger partial charge on any atom is -0.478 e. The monoisotopic (exact) mass is 291 g/mol. The highest BCUT2D eigenvalue weighted by molar-refractivity contribution is 5.95. The zero-order chi connectivity index (χ0) is 15.4. The molecule has 1 fully saturated rings. The van der Waals surface area contributed by atoms with Crippen molar-refractivity contribution in [3.8, 4) is 0 Å². The topological polar surface area (TPSA) is 65.5 Å². The third-order valence-corrected chi connectivity index (χ3v) is 3.92. The van der Waals surface area contributed by atoms with E-state index in [0.29, 0.717) is 11.4 Å². The van der Waals surface area contributed by atoms with Crippen molar-refractivity contribution in [1.82, 2.24) is 9.88 Å². The maximum atomic E-state index is 11.4. The van der Waals surface area contributed by atoms with Crippen molar-refractivity contribution in [2.45, 2.75) is 46.1 Å². The van der Waals surface area contributed by atoms with Crippen molar-refractivity contribution >= 4 is 11.7 Å². The number of hydrogen-bond donors (Lipinski definition) is 2. The molecule has 1 atom stereocenters. The van der Waals surface area contributed by atoms with E-state index in [9.17, 15) is 9.90 Å². The molecule has 116 valence electrons. The minimum atomic E-state index is -0.923. The Morgan fingerprint density at radius 1 is 1.38 bits per heavy atom. The quantitative estimate of drug-likeness (QED) is 0.873. The first-order chi connectivity index (χ1) is 9.97. The van der Waals surface area contributed by atoms with Gasteiger partial charge in [-0.05, 0) is 52.8 Å². The lowest BCUT2D eigenvalue weighted by Gasteiger charge is -2.30. The molecule has 1 aromatic rings. The Morgan fingerprint density at radius 3 is 2.67 bits per heavy atom. The molecule has 1 aromatic heterocycles. The van der Waals surface area contributed by atoms with Gasteiger partial charge in [-0.1, -0.05) is 6.42 Å². The number of nitrogens with zero attached hydrogens (tertiary/aromatic N) is 2. The van der Waals surface area contributed by atoms with E-state index in [2.05, 4.69) is 22.1 Å². The van der Waals surface area contributed by atoms with Crippen LogP contribution < -0.4 is 5.32 Å². The fraction of sp³-hybridized carbons (Fsp3) is 0.625. The molecule has 0 radical (unpaired) electrons. The average Bonchev–Trinajstić information content (AvgIpc) is 2.38. The number of carboxylic acids is 1. The van der Waals surface area contributed by atoms with E-state index in [0.717, 1.165) is 25.3 Å². The van der Waals surface area contributed by atoms with Crippen molar-refractivity contribution < 1.29 is 9.90 Å². The number of aryl methyl sites for hydroxylation is 2. The molecule has 2 heterocycles. The summed E-state index contributed by atoms with van der Waals surface area (Å²) in [4.78, 5) is 18.1. The van der Waals surface area contributed by atoms with Gasteiger partial charge in [0.05, 0.1) is 11.4 Å². The van der Waals surface area contributed by atoms with E-state index < -0.39 is 5.97 Å². The molecule has 0 saturated carbocycles. The van der Waals surface area contributed by atoms with Crippen LogP contribution in [-0.2, 0) is 0 Å². The lowest BCUT2D eigenvalue weighted by atomic mass is 10.1. The zero-order valence-electron chi connectivity index (χ0n) is 13.1. The number of carboxylic acid groups (broad SMARTS) is 1. The minimum absolute atomic E-state index is 0.211. The van der Waals surface area contributed by atoms with E-state index in [1.807, 2.05) is 13.0 Å². The SMILES string of the molecule is Cc1cc(NC(C)CN2CCCCC2)c(C(=O)O)c(C)n1. The third kappa shape index (κ3) is 4.17. The van der Waals surface area contributed by atoms with Gasteiger partial charge in [-0.15, -0.1) is 0 Å². The fourth-order valence-corrected chi connectivity index (χ4v) is 3.05. The van der Waals surface area contributed by atoms with Gasteiger partial charge in [-0.25, -0.2) is 4.79 Å². The maximum absolute atomic E-state index is 11.4. The second kappa shape index (κ2) is 6.89. The number of aromatic nitrogens is 1. The molecule has 5 nitrogen and oxygen atoms in total. The standard InChI is InChI=1S/C16H25N3O2/c1-11-9-14(15(16(20)21)13(3)17-11)18-12(2)10-19-7-5-4-6-8-19/h9,12H,4-8,10H2,1-3H3,(H,17,18)(H,20,21). The van der Waals surface area contributed by atoms with Crippen LogP contribution >= 0.6 is 0 Å². The summed E-state index contributed by atoms with van der Waals surface area (Å²) in [6.07, 6.45) is 3.85. The summed E-state index contributed by atoms with van der Waals surface area (Å²) in [7, 11) is 0. The zero-order valence-corrected chi connectivity index (χ0v) is 13.1. The Morgan fingerprint density at radius 2 is 2.05 bits per heavy atom. The lowest BCUT2D eigenvalue weighted by Crippen LogP contribution is -2.38. The summed E-state index contributed by atoms with van der Waals surface area (Å²) in [5.74, 6) is -0.923. The van der Waals surface area contributed by atoms with Crippen LogP contribution in [0.3, 0.4) is 0 Å². The number of carbonyl (C=O) groups is 1. The molecule has 2 rings (SSSR count). The number of piperidine rings is 1. The molecular formula is C16H25N3O2. The number of nitrogens with one attached hydrogen (secondary N) is 1. The van der Waals surface area contributed by atoms with Crippen LogP contribution in [0.25, 0.3) is 0 Å². The van der Waals surface area contributed by atoms with Crippen molar-refractivity contribution in [2.24, 2.45) is 0 Å². The summed E-state index contributed by atoms with van der Waals surface area (Å²) in [5, 5.41) is 12.7. The van der Waals surface area contributed by atoms with Gasteiger partial charge in [-0.3, -0.25) is 4.98 Å². The number of aromatic carboxylic acids is 1. The Kier molecular flexibility index (Phi) is 5.17. The molecule has 1 unspecified atom stereocenters. The number of likely N-dealkylation sites (tertiary alicyclic amines) is 1. The van der Waals surface area contributed by atoms with Crippen molar-refractivity contribution in [2.75, 3.05) is 25.0 Å². The molecule has 0 spiro atoms. The second-order valence-corrected chi connectivity index (χ2v) is 5.98. The predicted molar refractivity (Wildman–Crippen MR) is 84.0 cm³/mol. The highest BCUT2D eigenvalue weighted by atomic mass is 16.4. The predicted octanol–water partition coefficient (Wildman–Crippen LogP) is 2.68. The van der Waals surface area contributed by atoms with Crippen molar-refractivity contribution in [1.29, 1.82) is 0 Å². The van der Waals surface area contributed by atoms with Crippen LogP contribution in [0.2, 0.25) is 0 Å². The molecule has 2 N–H and O–H groups in total. The van der Waals surface area contributed by atoms with Gasteiger partial charge < -0.3 is 15.3 Å². The van der Waals surface area contributed by atoms with E-state index in [-0.39, 0.29) is 11.6 Å². The first-order valence-electron chi connectivity index (χ1n) is 7.68. The van der Waals surface area contributed by atoms with Crippen molar-refractivity contribution in [3.05, 3.63) is 23.0 Å². The summed E-state index contributed by atoms with van der Waals surface area (Å²) in [6, 6.07) is 2.03. The molecule has 21 heavy (non-hydrogen) atoms. The van der Waals surface area contributed by atoms with Crippen LogP contribution in [0.4, 0.5) is 5.69 Å². The van der Waals surface area contributed by atoms with Gasteiger partial charge in [0.15, 0.2) is 0 Å². The number of anilines is 1. The Labute approximate surface area is 126 Å². The first kappa shape index (κ1) is 15.8. The summed E-state index contributed by atoms with van der Waals surface area (Å²) in [6.45, 7) is 8.97. The van der Waals surface area contributed by atoms with E-state index >= 15 is 0 Å². The van der Waals surface area contributed by atoms with Crippen LogP contribution in [0.5, 0.6) is 0 Å². The Bertz CT molecular complexity index is 510. The van der Waals surface area contributed by atoms with Gasteiger partial charge in [-0.2, -0.15) is 0 Å². The molecule has 0 aliphatic carbocycles. The highest BCUT2D eigenvalue weighted by Gasteiger charge is 2.18. The number of pyridine rings is 1. The number of rotatable bonds is 5. The maximum Gasteiger partial charge on any atom is 0.339 e.